The van der Waals surface area contributed by atoms with Crippen molar-refractivity contribution in [2.75, 3.05) is 0 Å². The van der Waals surface area contributed by atoms with E-state index in [4.69, 9.17) is 1.37 Å². The van der Waals surface area contributed by atoms with Crippen LogP contribution in [0.15, 0.2) is 24.2 Å². The normalized spacial score (nSPS) is 11.9. The number of para-hydroxylation sites is 1. The van der Waals surface area contributed by atoms with E-state index in [9.17, 15) is 0 Å². The molecule has 0 unspecified atom stereocenters. The third kappa shape index (κ3) is 0.603. The molecule has 0 amide bonds. The van der Waals surface area contributed by atoms with Gasteiger partial charge in [0.25, 0.3) is 0 Å². The summed E-state index contributed by atoms with van der Waals surface area (Å²) in [4.78, 5) is 0. The molecule has 0 N–H and O–H groups in total. The van der Waals surface area contributed by atoms with E-state index >= 15 is 0 Å². The molecule has 2 rings (SSSR count). The average molecular weight is 134 g/mol. The molecule has 0 aliphatic rings. The molecule has 0 aliphatic carbocycles. The highest BCUT2D eigenvalue weighted by atomic mass is 15.4. The second kappa shape index (κ2) is 1.80. The van der Waals surface area contributed by atoms with Crippen molar-refractivity contribution in [3.05, 3.63) is 24.2 Å². The maximum absolute atomic E-state index is 7.31. The molecular formula is C7H7N3. The minimum atomic E-state index is 0.470. The second-order valence-electron chi connectivity index (χ2n) is 2.13. The zero-order chi connectivity index (χ0) is 7.84. The summed E-state index contributed by atoms with van der Waals surface area (Å²) in [7, 11) is 1.83. The molecule has 0 radical (unpaired) electrons. The van der Waals surface area contributed by atoms with Gasteiger partial charge in [0, 0.05) is 7.05 Å². The van der Waals surface area contributed by atoms with Crippen molar-refractivity contribution in [1.29, 1.82) is 0 Å². The number of fused-ring (bicyclic) bond motifs is 1. The number of hydrogen-bond donors (Lipinski definition) is 0. The largest absolute Gasteiger partial charge is 0.248 e. The van der Waals surface area contributed by atoms with Gasteiger partial charge in [-0.1, -0.05) is 17.3 Å². The van der Waals surface area contributed by atoms with Crippen molar-refractivity contribution in [2.45, 2.75) is 0 Å². The fourth-order valence-electron chi connectivity index (χ4n) is 0.931. The molecule has 0 atom stereocenters. The highest BCUT2D eigenvalue weighted by Crippen LogP contribution is 2.06. The van der Waals surface area contributed by atoms with Crippen molar-refractivity contribution in [3.8, 4) is 0 Å². The number of hydrogen-bond acceptors (Lipinski definition) is 2. The topological polar surface area (TPSA) is 30.7 Å². The first kappa shape index (κ1) is 4.44. The van der Waals surface area contributed by atoms with Crippen LogP contribution in [0.25, 0.3) is 11.0 Å². The number of benzene rings is 1. The number of aromatic nitrogens is 3. The van der Waals surface area contributed by atoms with Crippen LogP contribution in [0, 0.1) is 0 Å². The highest BCUT2D eigenvalue weighted by Gasteiger charge is 1.95. The van der Waals surface area contributed by atoms with Crippen LogP contribution in [0.3, 0.4) is 0 Å². The van der Waals surface area contributed by atoms with Gasteiger partial charge < -0.3 is 0 Å². The molecule has 0 saturated carbocycles. The Kier molecular flexibility index (Phi) is 0.799. The molecule has 1 heterocycles. The van der Waals surface area contributed by atoms with Crippen LogP contribution < -0.4 is 0 Å². The van der Waals surface area contributed by atoms with E-state index in [2.05, 4.69) is 10.3 Å². The van der Waals surface area contributed by atoms with Crippen LogP contribution in [0.4, 0.5) is 0 Å². The fraction of sp³-hybridized carbons (Fsp3) is 0.143. The Morgan fingerprint density at radius 3 is 3.40 bits per heavy atom. The average Bonchev–Trinajstić information content (AvgIpc) is 2.32. The van der Waals surface area contributed by atoms with Gasteiger partial charge in [-0.05, 0) is 12.1 Å². The molecule has 1 aromatic heterocycles. The molecule has 2 aromatic rings. The van der Waals surface area contributed by atoms with E-state index < -0.39 is 0 Å². The Bertz CT molecular complexity index is 393. The predicted molar refractivity (Wildman–Crippen MR) is 38.5 cm³/mol. The van der Waals surface area contributed by atoms with Crippen LogP contribution >= 0.6 is 0 Å². The predicted octanol–water partition coefficient (Wildman–Crippen LogP) is 0.968. The van der Waals surface area contributed by atoms with Crippen LogP contribution in [0.1, 0.15) is 1.37 Å². The van der Waals surface area contributed by atoms with Gasteiger partial charge in [-0.15, -0.1) is 5.10 Å². The molecular weight excluding hydrogens is 126 g/mol. The van der Waals surface area contributed by atoms with Gasteiger partial charge >= 0.3 is 0 Å². The molecule has 0 spiro atoms. The summed E-state index contributed by atoms with van der Waals surface area (Å²) < 4.78 is 9.00. The molecule has 0 saturated heterocycles. The zero-order valence-electron chi connectivity index (χ0n) is 6.57. The van der Waals surface area contributed by atoms with E-state index in [0.717, 1.165) is 11.0 Å². The summed E-state index contributed by atoms with van der Waals surface area (Å²) in [6.45, 7) is 0. The Morgan fingerprint density at radius 1 is 1.60 bits per heavy atom. The summed E-state index contributed by atoms with van der Waals surface area (Å²) in [6, 6.07) is 5.74. The SMILES string of the molecule is [2H]c1ccc2c(c1)nnn2C. The van der Waals surface area contributed by atoms with Crippen LogP contribution in [-0.4, -0.2) is 15.0 Å². The Hall–Kier alpha value is -1.38. The van der Waals surface area contributed by atoms with Crippen molar-refractivity contribution in [2.24, 2.45) is 7.05 Å². The summed E-state index contributed by atoms with van der Waals surface area (Å²) in [5, 5.41) is 7.69. The van der Waals surface area contributed by atoms with E-state index in [1.165, 1.54) is 0 Å². The van der Waals surface area contributed by atoms with Crippen molar-refractivity contribution < 1.29 is 1.37 Å². The minimum absolute atomic E-state index is 0.470. The van der Waals surface area contributed by atoms with E-state index in [-0.39, 0.29) is 0 Å². The van der Waals surface area contributed by atoms with Gasteiger partial charge in [-0.3, -0.25) is 0 Å². The van der Waals surface area contributed by atoms with Crippen molar-refractivity contribution in [3.63, 3.8) is 0 Å². The lowest BCUT2D eigenvalue weighted by atomic mass is 10.3. The van der Waals surface area contributed by atoms with Gasteiger partial charge in [0.15, 0.2) is 0 Å². The Balaban J connectivity index is 2.86. The number of aryl methyl sites for hydroxylation is 1. The fourth-order valence-corrected chi connectivity index (χ4v) is 0.931. The maximum Gasteiger partial charge on any atom is 0.113 e. The smallest absolute Gasteiger partial charge is 0.113 e. The van der Waals surface area contributed by atoms with E-state index in [0.29, 0.717) is 6.04 Å². The van der Waals surface area contributed by atoms with Gasteiger partial charge in [0.05, 0.1) is 6.89 Å². The second-order valence-corrected chi connectivity index (χ2v) is 2.13. The summed E-state index contributed by atoms with van der Waals surface area (Å²) in [5.74, 6) is 0. The molecule has 1 aromatic carbocycles. The molecule has 0 aliphatic heterocycles. The third-order valence-electron chi connectivity index (χ3n) is 1.46. The molecule has 0 bridgehead atoms. The van der Waals surface area contributed by atoms with Crippen LogP contribution in [0.2, 0.25) is 0 Å². The first-order chi connectivity index (χ1) is 5.27. The van der Waals surface area contributed by atoms with Gasteiger partial charge in [-0.2, -0.15) is 0 Å². The summed E-state index contributed by atoms with van der Waals surface area (Å²) in [6.07, 6.45) is 0. The Morgan fingerprint density at radius 2 is 2.50 bits per heavy atom. The lowest BCUT2D eigenvalue weighted by Crippen LogP contribution is -1.88. The molecule has 10 heavy (non-hydrogen) atoms. The third-order valence-corrected chi connectivity index (χ3v) is 1.46. The van der Waals surface area contributed by atoms with Gasteiger partial charge in [-0.25, -0.2) is 4.68 Å². The molecule has 3 heteroatoms. The summed E-state index contributed by atoms with van der Waals surface area (Å²) >= 11 is 0. The van der Waals surface area contributed by atoms with Gasteiger partial charge in [0.1, 0.15) is 5.52 Å². The zero-order valence-corrected chi connectivity index (χ0v) is 5.57. The highest BCUT2D eigenvalue weighted by molar-refractivity contribution is 5.73. The lowest BCUT2D eigenvalue weighted by Gasteiger charge is -1.87. The van der Waals surface area contributed by atoms with Crippen LogP contribution in [0.5, 0.6) is 0 Å². The molecule has 50 valence electrons. The van der Waals surface area contributed by atoms with Crippen LogP contribution in [-0.2, 0) is 7.05 Å². The molecule has 0 fully saturated rings. The molecule has 3 nitrogen and oxygen atoms in total. The number of nitrogens with zero attached hydrogens (tertiary/aromatic N) is 3. The van der Waals surface area contributed by atoms with Gasteiger partial charge in [0.2, 0.25) is 0 Å². The maximum atomic E-state index is 7.31. The first-order valence-corrected chi connectivity index (χ1v) is 3.03. The van der Waals surface area contributed by atoms with Crippen molar-refractivity contribution >= 4 is 11.0 Å². The van der Waals surface area contributed by atoms with E-state index in [1.807, 2.05) is 13.1 Å². The quantitative estimate of drug-likeness (QED) is 0.537. The standard InChI is InChI=1S/C7H7N3/c1-10-7-5-3-2-4-6(7)8-9-10/h2-5H,1H3/i2D. The first-order valence-electron chi connectivity index (χ1n) is 3.53. The lowest BCUT2D eigenvalue weighted by molar-refractivity contribution is 0.736. The van der Waals surface area contributed by atoms with E-state index in [1.54, 1.807) is 16.8 Å². The van der Waals surface area contributed by atoms with Crippen molar-refractivity contribution in [1.82, 2.24) is 15.0 Å². The number of rotatable bonds is 0. The summed E-state index contributed by atoms with van der Waals surface area (Å²) in [5.41, 5.74) is 1.74. The Labute approximate surface area is 59.7 Å². The monoisotopic (exact) mass is 134 g/mol. The minimum Gasteiger partial charge on any atom is -0.248 e.